The number of hydrogen-bond donors (Lipinski definition) is 0. The van der Waals surface area contributed by atoms with Gasteiger partial charge in [-0.2, -0.15) is 0 Å². The van der Waals surface area contributed by atoms with E-state index in [1.54, 1.807) is 6.08 Å². The van der Waals surface area contributed by atoms with Gasteiger partial charge >= 0.3 is 0 Å². The summed E-state index contributed by atoms with van der Waals surface area (Å²) in [6.07, 6.45) is 4.80. The van der Waals surface area contributed by atoms with Crippen LogP contribution in [-0.2, 0) is 10.0 Å². The van der Waals surface area contributed by atoms with Gasteiger partial charge in [-0.05, 0) is 48.7 Å². The molecule has 0 N–H and O–H groups in total. The lowest BCUT2D eigenvalue weighted by atomic mass is 10.1. The van der Waals surface area contributed by atoms with Gasteiger partial charge < -0.3 is 0 Å². The lowest BCUT2D eigenvalue weighted by Crippen LogP contribution is -2.11. The molecule has 0 unspecified atom stereocenters. The molecule has 0 atom stereocenters. The number of aromatic nitrogens is 2. The summed E-state index contributed by atoms with van der Waals surface area (Å²) in [6, 6.07) is 13.5. The second kappa shape index (κ2) is 5.66. The first kappa shape index (κ1) is 15.5. The predicted molar refractivity (Wildman–Crippen MR) is 94.8 cm³/mol. The van der Waals surface area contributed by atoms with Crippen LogP contribution in [0.25, 0.3) is 23.2 Å². The quantitative estimate of drug-likeness (QED) is 0.738. The minimum Gasteiger partial charge on any atom is -0.228 e. The number of benzene rings is 2. The Morgan fingerprint density at radius 1 is 1.00 bits per heavy atom. The summed E-state index contributed by atoms with van der Waals surface area (Å²) < 4.78 is 25.8. The number of fused-ring (bicyclic) bond motifs is 1. The van der Waals surface area contributed by atoms with E-state index in [0.717, 1.165) is 16.7 Å². The van der Waals surface area contributed by atoms with Crippen LogP contribution < -0.4 is 0 Å². The Bertz CT molecular complexity index is 1000. The van der Waals surface area contributed by atoms with Gasteiger partial charge in [0, 0.05) is 0 Å². The lowest BCUT2D eigenvalue weighted by molar-refractivity contribution is 0.594. The highest BCUT2D eigenvalue weighted by molar-refractivity contribution is 7.89. The van der Waals surface area contributed by atoms with Crippen LogP contribution in [-0.4, -0.2) is 23.6 Å². The van der Waals surface area contributed by atoms with E-state index >= 15 is 0 Å². The largest absolute Gasteiger partial charge is 0.237 e. The van der Waals surface area contributed by atoms with Crippen molar-refractivity contribution in [2.45, 2.75) is 13.8 Å². The molecule has 0 spiro atoms. The maximum Gasteiger partial charge on any atom is 0.237 e. The molecule has 0 radical (unpaired) electrons. The average molecular weight is 326 g/mol. The first-order chi connectivity index (χ1) is 10.9. The number of aryl methyl sites for hydroxylation is 2. The van der Waals surface area contributed by atoms with Gasteiger partial charge in [-0.15, -0.1) is 0 Å². The van der Waals surface area contributed by atoms with Crippen LogP contribution in [0.4, 0.5) is 0 Å². The summed E-state index contributed by atoms with van der Waals surface area (Å²) in [7, 11) is -3.45. The smallest absolute Gasteiger partial charge is 0.228 e. The highest BCUT2D eigenvalue weighted by Gasteiger charge is 2.17. The van der Waals surface area contributed by atoms with Gasteiger partial charge in [0.1, 0.15) is 5.82 Å². The molecule has 0 aliphatic carbocycles. The molecule has 5 heteroatoms. The Balaban J connectivity index is 2.22. The summed E-state index contributed by atoms with van der Waals surface area (Å²) in [5.74, 6) is 0.413. The zero-order chi connectivity index (χ0) is 16.6. The summed E-state index contributed by atoms with van der Waals surface area (Å²) >= 11 is 0. The van der Waals surface area contributed by atoms with E-state index < -0.39 is 10.0 Å². The molecule has 3 rings (SSSR count). The molecule has 23 heavy (non-hydrogen) atoms. The molecule has 4 nitrogen and oxygen atoms in total. The lowest BCUT2D eigenvalue weighted by Gasteiger charge is -2.05. The average Bonchev–Trinajstić information content (AvgIpc) is 2.84. The van der Waals surface area contributed by atoms with Crippen LogP contribution >= 0.6 is 0 Å². The van der Waals surface area contributed by atoms with Crippen LogP contribution in [0.5, 0.6) is 0 Å². The molecule has 0 saturated carbocycles. The fraction of sp³-hybridized carbons (Fsp3) is 0.167. The Hall–Kier alpha value is -2.40. The maximum absolute atomic E-state index is 12.2. The van der Waals surface area contributed by atoms with Crippen LogP contribution in [0.1, 0.15) is 22.5 Å². The van der Waals surface area contributed by atoms with Crippen molar-refractivity contribution < 1.29 is 8.42 Å². The van der Waals surface area contributed by atoms with Crippen LogP contribution in [0.15, 0.2) is 42.5 Å². The minimum absolute atomic E-state index is 0.413. The van der Waals surface area contributed by atoms with Crippen molar-refractivity contribution in [3.8, 4) is 0 Å². The molecular weight excluding hydrogens is 308 g/mol. The zero-order valence-electron chi connectivity index (χ0n) is 13.3. The van der Waals surface area contributed by atoms with Crippen LogP contribution in [0, 0.1) is 13.8 Å². The Kier molecular flexibility index (Phi) is 3.82. The van der Waals surface area contributed by atoms with Crippen molar-refractivity contribution in [3.05, 3.63) is 65.0 Å². The number of imidazole rings is 1. The summed E-state index contributed by atoms with van der Waals surface area (Å²) in [5, 5.41) is 0. The van der Waals surface area contributed by atoms with E-state index in [1.165, 1.54) is 10.2 Å². The molecule has 2 aromatic carbocycles. The van der Waals surface area contributed by atoms with Crippen molar-refractivity contribution in [2.24, 2.45) is 0 Å². The fourth-order valence-electron chi connectivity index (χ4n) is 2.52. The zero-order valence-corrected chi connectivity index (χ0v) is 14.1. The minimum atomic E-state index is -3.45. The van der Waals surface area contributed by atoms with Gasteiger partial charge in [-0.25, -0.2) is 17.4 Å². The molecule has 1 aromatic heterocycles. The van der Waals surface area contributed by atoms with Crippen molar-refractivity contribution in [3.63, 3.8) is 0 Å². The normalized spacial score (nSPS) is 12.3. The third kappa shape index (κ3) is 3.05. The van der Waals surface area contributed by atoms with Crippen molar-refractivity contribution in [2.75, 3.05) is 6.26 Å². The Morgan fingerprint density at radius 2 is 1.65 bits per heavy atom. The molecule has 0 aliphatic rings. The van der Waals surface area contributed by atoms with Gasteiger partial charge in [-0.3, -0.25) is 0 Å². The second-order valence-corrected chi connectivity index (χ2v) is 7.50. The predicted octanol–water partition coefficient (Wildman–Crippen LogP) is 3.63. The summed E-state index contributed by atoms with van der Waals surface area (Å²) in [4.78, 5) is 4.49. The van der Waals surface area contributed by atoms with Crippen LogP contribution in [0.3, 0.4) is 0 Å². The Morgan fingerprint density at radius 3 is 2.30 bits per heavy atom. The molecule has 0 bridgehead atoms. The maximum atomic E-state index is 12.2. The van der Waals surface area contributed by atoms with Gasteiger partial charge in [0.2, 0.25) is 10.0 Å². The van der Waals surface area contributed by atoms with E-state index in [-0.39, 0.29) is 0 Å². The number of nitrogens with zero attached hydrogens (tertiary/aromatic N) is 2. The molecule has 1 heterocycles. The van der Waals surface area contributed by atoms with E-state index in [9.17, 15) is 8.42 Å². The molecule has 0 fully saturated rings. The second-order valence-electron chi connectivity index (χ2n) is 5.67. The third-order valence-electron chi connectivity index (χ3n) is 3.81. The highest BCUT2D eigenvalue weighted by Crippen LogP contribution is 2.23. The Labute approximate surface area is 136 Å². The molecule has 0 aliphatic heterocycles. The summed E-state index contributed by atoms with van der Waals surface area (Å²) in [6.45, 7) is 3.96. The van der Waals surface area contributed by atoms with Crippen molar-refractivity contribution >= 4 is 33.2 Å². The molecule has 3 aromatic rings. The van der Waals surface area contributed by atoms with E-state index in [1.807, 2.05) is 62.4 Å². The fourth-order valence-corrected chi connectivity index (χ4v) is 3.46. The molecule has 118 valence electrons. The monoisotopic (exact) mass is 326 g/mol. The van der Waals surface area contributed by atoms with Crippen LogP contribution in [0.2, 0.25) is 0 Å². The molecule has 0 saturated heterocycles. The van der Waals surface area contributed by atoms with E-state index in [0.29, 0.717) is 16.9 Å². The summed E-state index contributed by atoms with van der Waals surface area (Å²) in [5.41, 5.74) is 4.43. The third-order valence-corrected chi connectivity index (χ3v) is 4.86. The van der Waals surface area contributed by atoms with Gasteiger partial charge in [0.15, 0.2) is 0 Å². The molecule has 0 amide bonds. The first-order valence-corrected chi connectivity index (χ1v) is 9.14. The van der Waals surface area contributed by atoms with Gasteiger partial charge in [-0.1, -0.05) is 36.4 Å². The molecular formula is C18H18N2O2S. The van der Waals surface area contributed by atoms with Gasteiger partial charge in [0.25, 0.3) is 0 Å². The topological polar surface area (TPSA) is 52.0 Å². The van der Waals surface area contributed by atoms with E-state index in [2.05, 4.69) is 4.98 Å². The SMILES string of the molecule is Cc1cc2nc(/C=C/c3ccccc3)n(S(C)(=O)=O)c2cc1C. The standard InChI is InChI=1S/C18H18N2O2S/c1-13-11-16-17(12-14(13)2)20(23(3,21)22)18(19-16)10-9-15-7-5-4-6-8-15/h4-12H,1-3H3/b10-9+. The van der Waals surface area contributed by atoms with E-state index in [4.69, 9.17) is 0 Å². The highest BCUT2D eigenvalue weighted by atomic mass is 32.2. The van der Waals surface area contributed by atoms with Crippen molar-refractivity contribution in [1.82, 2.24) is 8.96 Å². The first-order valence-electron chi connectivity index (χ1n) is 7.29. The number of hydrogen-bond acceptors (Lipinski definition) is 3. The van der Waals surface area contributed by atoms with Gasteiger partial charge in [0.05, 0.1) is 17.3 Å². The van der Waals surface area contributed by atoms with Crippen molar-refractivity contribution in [1.29, 1.82) is 0 Å². The number of rotatable bonds is 3.